The fourth-order valence-electron chi connectivity index (χ4n) is 1.62. The van der Waals surface area contributed by atoms with E-state index in [1.54, 1.807) is 30.3 Å². The van der Waals surface area contributed by atoms with Crippen LogP contribution in [0.15, 0.2) is 60.7 Å². The van der Waals surface area contributed by atoms with Gasteiger partial charge in [-0.3, -0.25) is 20.4 Å². The van der Waals surface area contributed by atoms with E-state index < -0.39 is 11.8 Å². The molecule has 0 aliphatic heterocycles. The van der Waals surface area contributed by atoms with Crippen LogP contribution in [0.25, 0.3) is 6.08 Å². The van der Waals surface area contributed by atoms with E-state index >= 15 is 0 Å². The summed E-state index contributed by atoms with van der Waals surface area (Å²) in [7, 11) is 0. The van der Waals surface area contributed by atoms with Crippen molar-refractivity contribution in [2.24, 2.45) is 0 Å². The maximum absolute atomic E-state index is 11.6. The van der Waals surface area contributed by atoms with E-state index in [1.165, 1.54) is 6.08 Å². The molecule has 0 heterocycles. The molecule has 0 saturated heterocycles. The minimum atomic E-state index is -0.471. The predicted molar refractivity (Wildman–Crippen MR) is 88.7 cm³/mol. The normalized spacial score (nSPS) is 10.3. The van der Waals surface area contributed by atoms with E-state index in [9.17, 15) is 9.59 Å². The molecule has 0 unspecified atom stereocenters. The largest absolute Gasteiger partial charge is 0.484 e. The molecule has 2 rings (SSSR count). The third-order valence-corrected chi connectivity index (χ3v) is 2.99. The van der Waals surface area contributed by atoms with Crippen LogP contribution in [0, 0.1) is 0 Å². The number of ether oxygens (including phenoxy) is 1. The molecule has 0 bridgehead atoms. The summed E-state index contributed by atoms with van der Waals surface area (Å²) in [5, 5.41) is 0.583. The van der Waals surface area contributed by atoms with Gasteiger partial charge in [0.15, 0.2) is 6.61 Å². The van der Waals surface area contributed by atoms with Gasteiger partial charge in [-0.05, 0) is 35.9 Å². The van der Waals surface area contributed by atoms with Gasteiger partial charge in [0.05, 0.1) is 0 Å². The predicted octanol–water partition coefficient (Wildman–Crippen LogP) is 2.58. The SMILES string of the molecule is O=C(C=Cc1ccccc1)NNC(=O)COc1ccc(Cl)cc1. The highest BCUT2D eigenvalue weighted by atomic mass is 35.5. The highest BCUT2D eigenvalue weighted by molar-refractivity contribution is 6.30. The van der Waals surface area contributed by atoms with Crippen molar-refractivity contribution in [2.45, 2.75) is 0 Å². The summed E-state index contributed by atoms with van der Waals surface area (Å²) in [5.41, 5.74) is 5.42. The average molecular weight is 331 g/mol. The first-order chi connectivity index (χ1) is 11.1. The summed E-state index contributed by atoms with van der Waals surface area (Å²) < 4.78 is 5.24. The molecule has 0 spiro atoms. The van der Waals surface area contributed by atoms with E-state index in [-0.39, 0.29) is 6.61 Å². The molecule has 6 heteroatoms. The van der Waals surface area contributed by atoms with Crippen LogP contribution in [-0.2, 0) is 9.59 Å². The fourth-order valence-corrected chi connectivity index (χ4v) is 1.75. The summed E-state index contributed by atoms with van der Waals surface area (Å²) >= 11 is 5.74. The van der Waals surface area contributed by atoms with Crippen LogP contribution >= 0.6 is 11.6 Å². The van der Waals surface area contributed by atoms with Crippen LogP contribution in [-0.4, -0.2) is 18.4 Å². The minimum absolute atomic E-state index is 0.218. The first-order valence-electron chi connectivity index (χ1n) is 6.84. The van der Waals surface area contributed by atoms with Crippen LogP contribution in [0.1, 0.15) is 5.56 Å². The second-order valence-corrected chi connectivity index (χ2v) is 4.96. The fraction of sp³-hybridized carbons (Fsp3) is 0.0588. The van der Waals surface area contributed by atoms with Crippen molar-refractivity contribution in [3.05, 3.63) is 71.3 Å². The lowest BCUT2D eigenvalue weighted by atomic mass is 10.2. The molecule has 0 fully saturated rings. The summed E-state index contributed by atoms with van der Waals surface area (Å²) in [6, 6.07) is 16.0. The third kappa shape index (κ3) is 6.23. The summed E-state index contributed by atoms with van der Waals surface area (Å²) in [5.74, 6) is -0.394. The molecule has 2 amide bonds. The monoisotopic (exact) mass is 330 g/mol. The zero-order valence-corrected chi connectivity index (χ0v) is 12.9. The van der Waals surface area contributed by atoms with Crippen LogP contribution in [0.2, 0.25) is 5.02 Å². The van der Waals surface area contributed by atoms with Crippen molar-refractivity contribution in [1.29, 1.82) is 0 Å². The van der Waals surface area contributed by atoms with Gasteiger partial charge in [0.2, 0.25) is 0 Å². The number of benzene rings is 2. The zero-order chi connectivity index (χ0) is 16.5. The summed E-state index contributed by atoms with van der Waals surface area (Å²) in [4.78, 5) is 23.1. The smallest absolute Gasteiger partial charge is 0.276 e. The number of hydrazine groups is 1. The molecule has 0 aliphatic rings. The van der Waals surface area contributed by atoms with Crippen LogP contribution in [0.4, 0.5) is 0 Å². The van der Waals surface area contributed by atoms with Gasteiger partial charge in [-0.25, -0.2) is 0 Å². The molecular formula is C17H15ClN2O3. The van der Waals surface area contributed by atoms with Crippen LogP contribution < -0.4 is 15.6 Å². The van der Waals surface area contributed by atoms with E-state index in [4.69, 9.17) is 16.3 Å². The van der Waals surface area contributed by atoms with E-state index in [1.807, 2.05) is 30.3 Å². The molecule has 0 aromatic heterocycles. The topological polar surface area (TPSA) is 67.4 Å². The molecule has 5 nitrogen and oxygen atoms in total. The number of halogens is 1. The number of hydrogen-bond donors (Lipinski definition) is 2. The van der Waals surface area contributed by atoms with Crippen molar-refractivity contribution in [3.8, 4) is 5.75 Å². The Labute approximate surface area is 138 Å². The van der Waals surface area contributed by atoms with E-state index in [2.05, 4.69) is 10.9 Å². The maximum atomic E-state index is 11.6. The molecule has 0 saturated carbocycles. The third-order valence-electron chi connectivity index (χ3n) is 2.74. The van der Waals surface area contributed by atoms with Gasteiger partial charge in [-0.15, -0.1) is 0 Å². The van der Waals surface area contributed by atoms with Gasteiger partial charge in [-0.2, -0.15) is 0 Å². The van der Waals surface area contributed by atoms with E-state index in [0.717, 1.165) is 5.56 Å². The standard InChI is InChI=1S/C17H15ClN2O3/c18-14-7-9-15(10-8-14)23-12-17(22)20-19-16(21)11-6-13-4-2-1-3-5-13/h1-11H,12H2,(H,19,21)(H,20,22). The molecule has 0 radical (unpaired) electrons. The van der Waals surface area contributed by atoms with Gasteiger partial charge < -0.3 is 4.74 Å². The Morgan fingerprint density at radius 1 is 1.00 bits per heavy atom. The van der Waals surface area contributed by atoms with Crippen LogP contribution in [0.5, 0.6) is 5.75 Å². The molecule has 2 aromatic carbocycles. The number of hydrogen-bond acceptors (Lipinski definition) is 3. The number of carbonyl (C=O) groups excluding carboxylic acids is 2. The maximum Gasteiger partial charge on any atom is 0.276 e. The number of nitrogens with one attached hydrogen (secondary N) is 2. The second kappa shape index (κ2) is 8.60. The molecule has 0 aliphatic carbocycles. The number of amides is 2. The highest BCUT2D eigenvalue weighted by Gasteiger charge is 2.03. The van der Waals surface area contributed by atoms with Gasteiger partial charge in [0.1, 0.15) is 5.75 Å². The molecule has 2 aromatic rings. The first-order valence-corrected chi connectivity index (χ1v) is 7.21. The van der Waals surface area contributed by atoms with Crippen molar-refractivity contribution in [1.82, 2.24) is 10.9 Å². The lowest BCUT2D eigenvalue weighted by Crippen LogP contribution is -2.43. The second-order valence-electron chi connectivity index (χ2n) is 4.52. The van der Waals surface area contributed by atoms with Crippen molar-refractivity contribution < 1.29 is 14.3 Å². The Hall–Kier alpha value is -2.79. The van der Waals surface area contributed by atoms with Gasteiger partial charge >= 0.3 is 0 Å². The summed E-state index contributed by atoms with van der Waals surface area (Å²) in [6.45, 7) is -0.218. The zero-order valence-electron chi connectivity index (χ0n) is 12.2. The molecule has 23 heavy (non-hydrogen) atoms. The van der Waals surface area contributed by atoms with E-state index in [0.29, 0.717) is 10.8 Å². The number of rotatable bonds is 5. The molecule has 118 valence electrons. The van der Waals surface area contributed by atoms with Gasteiger partial charge in [-0.1, -0.05) is 41.9 Å². The van der Waals surface area contributed by atoms with Gasteiger partial charge in [0.25, 0.3) is 11.8 Å². The van der Waals surface area contributed by atoms with Gasteiger partial charge in [0, 0.05) is 11.1 Å². The minimum Gasteiger partial charge on any atom is -0.484 e. The highest BCUT2D eigenvalue weighted by Crippen LogP contribution is 2.15. The lowest BCUT2D eigenvalue weighted by Gasteiger charge is -2.07. The quantitative estimate of drug-likeness (QED) is 0.654. The number of carbonyl (C=O) groups is 2. The van der Waals surface area contributed by atoms with Crippen molar-refractivity contribution >= 4 is 29.5 Å². The average Bonchev–Trinajstić information content (AvgIpc) is 2.58. The Kier molecular flexibility index (Phi) is 6.20. The molecular weight excluding hydrogens is 316 g/mol. The summed E-state index contributed by atoms with van der Waals surface area (Å²) in [6.07, 6.45) is 2.97. The van der Waals surface area contributed by atoms with Crippen molar-refractivity contribution in [3.63, 3.8) is 0 Å². The Balaban J connectivity index is 1.70. The van der Waals surface area contributed by atoms with Crippen LogP contribution in [0.3, 0.4) is 0 Å². The Morgan fingerprint density at radius 2 is 1.70 bits per heavy atom. The first kappa shape index (κ1) is 16.6. The molecule has 0 atom stereocenters. The lowest BCUT2D eigenvalue weighted by molar-refractivity contribution is -0.128. The Bertz CT molecular complexity index is 685. The van der Waals surface area contributed by atoms with Crippen molar-refractivity contribution in [2.75, 3.05) is 6.61 Å². The molecule has 2 N–H and O–H groups in total. The Morgan fingerprint density at radius 3 is 2.39 bits per heavy atom.